The highest BCUT2D eigenvalue weighted by Crippen LogP contribution is 2.43. The number of nitrogens with zero attached hydrogens (tertiary/aromatic N) is 2. The summed E-state index contributed by atoms with van der Waals surface area (Å²) >= 11 is 0. The van der Waals surface area contributed by atoms with E-state index in [2.05, 4.69) is 63.4 Å². The molecule has 3 aliphatic rings. The van der Waals surface area contributed by atoms with Gasteiger partial charge in [-0.3, -0.25) is 14.5 Å². The smallest absolute Gasteiger partial charge is 0.253 e. The van der Waals surface area contributed by atoms with Crippen molar-refractivity contribution in [3.05, 3.63) is 86.3 Å². The highest BCUT2D eigenvalue weighted by Gasteiger charge is 2.34. The van der Waals surface area contributed by atoms with Crippen molar-refractivity contribution in [3.63, 3.8) is 0 Å². The number of morpholine rings is 1. The Morgan fingerprint density at radius 3 is 2.50 bits per heavy atom. The van der Waals surface area contributed by atoms with Gasteiger partial charge < -0.3 is 19.9 Å². The van der Waals surface area contributed by atoms with Crippen LogP contribution in [-0.4, -0.2) is 55.2 Å². The Kier molecular flexibility index (Phi) is 7.51. The second-order valence-corrected chi connectivity index (χ2v) is 11.9. The van der Waals surface area contributed by atoms with Crippen LogP contribution in [0.15, 0.2) is 47.3 Å². The summed E-state index contributed by atoms with van der Waals surface area (Å²) < 4.78 is 5.49. The van der Waals surface area contributed by atoms with E-state index in [4.69, 9.17) is 4.74 Å². The zero-order chi connectivity index (χ0) is 27.8. The van der Waals surface area contributed by atoms with Crippen LogP contribution in [-0.2, 0) is 17.8 Å². The number of fused-ring (bicyclic) bond motifs is 1. The number of nitrogens with one attached hydrogen (secondary N) is 2. The van der Waals surface area contributed by atoms with Gasteiger partial charge in [-0.25, -0.2) is 0 Å². The van der Waals surface area contributed by atoms with Crippen LogP contribution in [0.25, 0.3) is 11.1 Å². The Labute approximate surface area is 236 Å². The molecule has 1 saturated heterocycles. The van der Waals surface area contributed by atoms with Gasteiger partial charge in [0.2, 0.25) is 0 Å². The van der Waals surface area contributed by atoms with Gasteiger partial charge in [-0.1, -0.05) is 31.2 Å². The summed E-state index contributed by atoms with van der Waals surface area (Å²) in [7, 11) is 0. The second kappa shape index (κ2) is 11.2. The summed E-state index contributed by atoms with van der Waals surface area (Å²) in [6.07, 6.45) is 2.59. The molecule has 3 aromatic rings. The molecular formula is C33H40N4O3. The molecule has 1 unspecified atom stereocenters. The third-order valence-electron chi connectivity index (χ3n) is 8.62. The average molecular weight is 541 g/mol. The quantitative estimate of drug-likeness (QED) is 0.431. The maximum Gasteiger partial charge on any atom is 0.253 e. The van der Waals surface area contributed by atoms with Crippen LogP contribution in [0.5, 0.6) is 0 Å². The van der Waals surface area contributed by atoms with E-state index >= 15 is 0 Å². The minimum Gasteiger partial charge on any atom is -0.379 e. The fourth-order valence-electron chi connectivity index (χ4n) is 6.26. The molecule has 1 amide bonds. The maximum absolute atomic E-state index is 13.8. The molecule has 6 rings (SSSR count). The van der Waals surface area contributed by atoms with Crippen LogP contribution >= 0.6 is 0 Å². The zero-order valence-electron chi connectivity index (χ0n) is 23.9. The van der Waals surface area contributed by atoms with Crippen LogP contribution < -0.4 is 15.8 Å². The first-order chi connectivity index (χ1) is 19.4. The number of ether oxygens (including phenoxy) is 1. The van der Waals surface area contributed by atoms with E-state index in [1.165, 1.54) is 24.1 Å². The number of benzene rings is 2. The first kappa shape index (κ1) is 26.8. The first-order valence-electron chi connectivity index (χ1n) is 14.7. The van der Waals surface area contributed by atoms with Crippen molar-refractivity contribution in [3.8, 4) is 11.1 Å². The molecule has 1 aromatic heterocycles. The Morgan fingerprint density at radius 2 is 1.80 bits per heavy atom. The van der Waals surface area contributed by atoms with Gasteiger partial charge >= 0.3 is 0 Å². The number of H-pyrrole nitrogens is 1. The van der Waals surface area contributed by atoms with Gasteiger partial charge in [-0.15, -0.1) is 0 Å². The number of aromatic nitrogens is 1. The number of hydrogen-bond donors (Lipinski definition) is 2. The Balaban J connectivity index is 1.30. The molecule has 0 bridgehead atoms. The van der Waals surface area contributed by atoms with Crippen LogP contribution in [0.3, 0.4) is 0 Å². The predicted octanol–water partition coefficient (Wildman–Crippen LogP) is 4.75. The standard InChI is InChI=1S/C33H40N4O3/c1-21-14-23(3)35-33(39)29(21)17-34-32(38)28-15-27(16-30-31(28)22(2)18-37(30)20-25-4-5-25)26-8-6-24(7-9-26)19-36-10-12-40-13-11-36/h6-9,14-16,22,25H,4-5,10-13,17-20H2,1-3H3,(H,34,38)(H,35,39). The number of anilines is 1. The lowest BCUT2D eigenvalue weighted by Crippen LogP contribution is -2.35. The molecule has 210 valence electrons. The Morgan fingerprint density at radius 1 is 1.05 bits per heavy atom. The van der Waals surface area contributed by atoms with Crippen LogP contribution in [0.4, 0.5) is 5.69 Å². The summed E-state index contributed by atoms with van der Waals surface area (Å²) in [5.74, 6) is 0.903. The molecule has 40 heavy (non-hydrogen) atoms. The van der Waals surface area contributed by atoms with Crippen molar-refractivity contribution in [2.24, 2.45) is 5.92 Å². The van der Waals surface area contributed by atoms with Crippen molar-refractivity contribution in [2.45, 2.75) is 52.6 Å². The van der Waals surface area contributed by atoms with Crippen molar-refractivity contribution in [1.29, 1.82) is 0 Å². The molecule has 2 aliphatic heterocycles. The van der Waals surface area contributed by atoms with Crippen LogP contribution in [0.2, 0.25) is 0 Å². The number of pyridine rings is 1. The van der Waals surface area contributed by atoms with Crippen molar-refractivity contribution in [2.75, 3.05) is 44.3 Å². The van der Waals surface area contributed by atoms with E-state index in [-0.39, 0.29) is 23.9 Å². The number of carbonyl (C=O) groups is 1. The summed E-state index contributed by atoms with van der Waals surface area (Å²) in [4.78, 5) is 34.1. The highest BCUT2D eigenvalue weighted by molar-refractivity contribution is 5.99. The second-order valence-electron chi connectivity index (χ2n) is 11.9. The summed E-state index contributed by atoms with van der Waals surface area (Å²) in [6, 6.07) is 15.0. The molecule has 7 nitrogen and oxygen atoms in total. The zero-order valence-corrected chi connectivity index (χ0v) is 23.9. The third kappa shape index (κ3) is 5.72. The number of aromatic amines is 1. The van der Waals surface area contributed by atoms with Gasteiger partial charge in [0.15, 0.2) is 0 Å². The molecule has 7 heteroatoms. The molecule has 2 fully saturated rings. The van der Waals surface area contributed by atoms with E-state index < -0.39 is 0 Å². The molecule has 2 aromatic carbocycles. The van der Waals surface area contributed by atoms with Crippen molar-refractivity contribution >= 4 is 11.6 Å². The van der Waals surface area contributed by atoms with E-state index in [1.54, 1.807) is 0 Å². The lowest BCUT2D eigenvalue weighted by molar-refractivity contribution is 0.0342. The van der Waals surface area contributed by atoms with Crippen molar-refractivity contribution in [1.82, 2.24) is 15.2 Å². The highest BCUT2D eigenvalue weighted by atomic mass is 16.5. The summed E-state index contributed by atoms with van der Waals surface area (Å²) in [6.45, 7) is 12.7. The Hall–Kier alpha value is -3.42. The SMILES string of the molecule is Cc1cc(C)c(CNC(=O)c2cc(-c3ccc(CN4CCOCC4)cc3)cc3c2C(C)CN3CC2CC2)c(=O)[nH]1. The minimum atomic E-state index is -0.141. The molecule has 1 saturated carbocycles. The number of rotatable bonds is 8. The molecule has 3 heterocycles. The third-order valence-corrected chi connectivity index (χ3v) is 8.62. The summed E-state index contributed by atoms with van der Waals surface area (Å²) in [5, 5.41) is 3.07. The molecule has 0 spiro atoms. The Bertz CT molecular complexity index is 1450. The fraction of sp³-hybridized carbons (Fsp3) is 0.455. The molecule has 1 atom stereocenters. The first-order valence-corrected chi connectivity index (χ1v) is 14.7. The normalized spacial score (nSPS) is 19.1. The average Bonchev–Trinajstić information content (AvgIpc) is 3.70. The van der Waals surface area contributed by atoms with Crippen molar-refractivity contribution < 1.29 is 9.53 Å². The van der Waals surface area contributed by atoms with Gasteiger partial charge in [0.25, 0.3) is 11.5 Å². The van der Waals surface area contributed by atoms with E-state index in [0.29, 0.717) is 5.56 Å². The van der Waals surface area contributed by atoms with E-state index in [9.17, 15) is 9.59 Å². The number of hydrogen-bond acceptors (Lipinski definition) is 5. The molecular weight excluding hydrogens is 500 g/mol. The lowest BCUT2D eigenvalue weighted by Gasteiger charge is -2.26. The summed E-state index contributed by atoms with van der Waals surface area (Å²) in [5.41, 5.74) is 8.66. The fourth-order valence-corrected chi connectivity index (χ4v) is 6.26. The predicted molar refractivity (Wildman–Crippen MR) is 159 cm³/mol. The minimum absolute atomic E-state index is 0.124. The lowest BCUT2D eigenvalue weighted by atomic mass is 9.92. The van der Waals surface area contributed by atoms with E-state index in [1.807, 2.05) is 19.9 Å². The van der Waals surface area contributed by atoms with Gasteiger partial charge in [-0.05, 0) is 78.6 Å². The van der Waals surface area contributed by atoms with Gasteiger partial charge in [0.1, 0.15) is 0 Å². The number of aryl methyl sites for hydroxylation is 2. The van der Waals surface area contributed by atoms with Crippen LogP contribution in [0.1, 0.15) is 64.0 Å². The van der Waals surface area contributed by atoms with Gasteiger partial charge in [0.05, 0.1) is 13.2 Å². The molecule has 1 aliphatic carbocycles. The molecule has 2 N–H and O–H groups in total. The van der Waals surface area contributed by atoms with Gasteiger partial charge in [0, 0.05) is 67.7 Å². The number of carbonyl (C=O) groups excluding carboxylic acids is 1. The largest absolute Gasteiger partial charge is 0.379 e. The van der Waals surface area contributed by atoms with Gasteiger partial charge in [-0.2, -0.15) is 0 Å². The maximum atomic E-state index is 13.8. The van der Waals surface area contributed by atoms with Crippen LogP contribution in [0, 0.1) is 19.8 Å². The number of amides is 1. The topological polar surface area (TPSA) is 77.7 Å². The molecule has 0 radical (unpaired) electrons. The monoisotopic (exact) mass is 540 g/mol. The van der Waals surface area contributed by atoms with E-state index in [0.717, 1.165) is 85.4 Å².